The molecule has 0 aliphatic rings. The lowest BCUT2D eigenvalue weighted by molar-refractivity contribution is 0.0339. The normalized spacial score (nSPS) is 10.9. The highest BCUT2D eigenvalue weighted by Crippen LogP contribution is 2.23. The average molecular weight is 342 g/mol. The highest BCUT2D eigenvalue weighted by atomic mass is 16.6. The Hall–Kier alpha value is -2.69. The summed E-state index contributed by atoms with van der Waals surface area (Å²) in [6.07, 6.45) is -0.442. The third-order valence-corrected chi connectivity index (χ3v) is 3.41. The zero-order valence-electron chi connectivity index (χ0n) is 15.5. The minimum absolute atomic E-state index is 0.442. The van der Waals surface area contributed by atoms with Gasteiger partial charge in [0.05, 0.1) is 5.69 Å². The van der Waals surface area contributed by atoms with Crippen molar-refractivity contribution >= 4 is 11.8 Å². The number of amides is 1. The molecule has 0 aliphatic heterocycles. The van der Waals surface area contributed by atoms with Crippen molar-refractivity contribution in [3.05, 3.63) is 59.7 Å². The van der Waals surface area contributed by atoms with Crippen molar-refractivity contribution in [3.63, 3.8) is 0 Å². The second kappa shape index (κ2) is 7.92. The molecule has 2 aromatic rings. The smallest absolute Gasteiger partial charge is 0.428 e. The highest BCUT2D eigenvalue weighted by Gasteiger charge is 2.20. The third kappa shape index (κ3) is 6.03. The molecule has 134 valence electrons. The lowest BCUT2D eigenvalue weighted by Crippen LogP contribution is -2.37. The summed E-state index contributed by atoms with van der Waals surface area (Å²) in [5.41, 5.74) is 5.40. The van der Waals surface area contributed by atoms with Gasteiger partial charge < -0.3 is 9.47 Å². The molecule has 2 rings (SSSR count). The first-order valence-corrected chi connectivity index (χ1v) is 8.25. The van der Waals surface area contributed by atoms with Gasteiger partial charge in [0.2, 0.25) is 0 Å². The molecule has 0 aliphatic carbocycles. The molecule has 0 heterocycles. The van der Waals surface area contributed by atoms with Gasteiger partial charge in [0.25, 0.3) is 0 Å². The van der Waals surface area contributed by atoms with Crippen LogP contribution in [0.5, 0.6) is 5.75 Å². The summed E-state index contributed by atoms with van der Waals surface area (Å²) in [4.78, 5) is 12.1. The number of hydrazine groups is 1. The van der Waals surface area contributed by atoms with E-state index in [1.807, 2.05) is 76.2 Å². The molecule has 5 nitrogen and oxygen atoms in total. The largest absolute Gasteiger partial charge is 0.489 e. The van der Waals surface area contributed by atoms with Crippen molar-refractivity contribution < 1.29 is 14.3 Å². The number of nitrogens with zero attached hydrogens (tertiary/aromatic N) is 1. The molecule has 0 bridgehead atoms. The second-order valence-corrected chi connectivity index (χ2v) is 6.90. The maximum Gasteiger partial charge on any atom is 0.428 e. The summed E-state index contributed by atoms with van der Waals surface area (Å²) in [7, 11) is 1.63. The van der Waals surface area contributed by atoms with E-state index in [0.717, 1.165) is 22.6 Å². The molecule has 2 aromatic carbocycles. The Labute approximate surface area is 149 Å². The maximum atomic E-state index is 12.1. The Morgan fingerprint density at radius 3 is 2.44 bits per heavy atom. The summed E-state index contributed by atoms with van der Waals surface area (Å²) in [5.74, 6) is 0.731. The van der Waals surface area contributed by atoms with Gasteiger partial charge in [-0.1, -0.05) is 36.4 Å². The first-order valence-electron chi connectivity index (χ1n) is 8.25. The van der Waals surface area contributed by atoms with E-state index >= 15 is 0 Å². The van der Waals surface area contributed by atoms with E-state index in [1.165, 1.54) is 5.01 Å². The lowest BCUT2D eigenvalue weighted by Gasteiger charge is -2.26. The fourth-order valence-electron chi connectivity index (χ4n) is 2.11. The molecule has 0 atom stereocenters. The molecule has 1 N–H and O–H groups in total. The minimum Gasteiger partial charge on any atom is -0.489 e. The van der Waals surface area contributed by atoms with Crippen LogP contribution in [0.2, 0.25) is 0 Å². The summed E-state index contributed by atoms with van der Waals surface area (Å²) >= 11 is 0. The van der Waals surface area contributed by atoms with E-state index in [1.54, 1.807) is 7.05 Å². The van der Waals surface area contributed by atoms with Gasteiger partial charge in [0.15, 0.2) is 0 Å². The number of hydrogen-bond donors (Lipinski definition) is 1. The van der Waals surface area contributed by atoms with Gasteiger partial charge in [-0.25, -0.2) is 9.80 Å². The third-order valence-electron chi connectivity index (χ3n) is 3.41. The molecule has 0 radical (unpaired) electrons. The van der Waals surface area contributed by atoms with E-state index in [4.69, 9.17) is 9.47 Å². The van der Waals surface area contributed by atoms with Gasteiger partial charge >= 0.3 is 6.09 Å². The second-order valence-electron chi connectivity index (χ2n) is 6.90. The standard InChI is InChI=1S/C20H26N2O3/c1-15-11-12-17(24-14-16-9-7-6-8-10-16)13-18(15)21-22(5)19(23)25-20(2,3)4/h6-13,21H,14H2,1-5H3. The predicted molar refractivity (Wildman–Crippen MR) is 99.6 cm³/mol. The van der Waals surface area contributed by atoms with Crippen molar-refractivity contribution in [3.8, 4) is 5.75 Å². The molecule has 0 fully saturated rings. The molecule has 25 heavy (non-hydrogen) atoms. The van der Waals surface area contributed by atoms with Crippen LogP contribution in [0.4, 0.5) is 10.5 Å². The van der Waals surface area contributed by atoms with E-state index in [0.29, 0.717) is 6.61 Å². The van der Waals surface area contributed by atoms with Crippen molar-refractivity contribution in [2.45, 2.75) is 39.9 Å². The SMILES string of the molecule is Cc1ccc(OCc2ccccc2)cc1NN(C)C(=O)OC(C)(C)C. The van der Waals surface area contributed by atoms with Gasteiger partial charge in [-0.15, -0.1) is 0 Å². The zero-order valence-corrected chi connectivity index (χ0v) is 15.5. The van der Waals surface area contributed by atoms with Crippen LogP contribution in [0.1, 0.15) is 31.9 Å². The molecule has 0 saturated carbocycles. The average Bonchev–Trinajstić information content (AvgIpc) is 2.55. The monoisotopic (exact) mass is 342 g/mol. The van der Waals surface area contributed by atoms with E-state index < -0.39 is 11.7 Å². The van der Waals surface area contributed by atoms with E-state index in [9.17, 15) is 4.79 Å². The molecule has 0 spiro atoms. The topological polar surface area (TPSA) is 50.8 Å². The van der Waals surface area contributed by atoms with E-state index in [2.05, 4.69) is 5.43 Å². The molecule has 0 aromatic heterocycles. The van der Waals surface area contributed by atoms with Crippen LogP contribution in [0, 0.1) is 6.92 Å². The van der Waals surface area contributed by atoms with Crippen molar-refractivity contribution in [2.75, 3.05) is 12.5 Å². The van der Waals surface area contributed by atoms with Gasteiger partial charge in [-0.2, -0.15) is 0 Å². The Morgan fingerprint density at radius 1 is 1.12 bits per heavy atom. The van der Waals surface area contributed by atoms with Crippen LogP contribution in [0.25, 0.3) is 0 Å². The lowest BCUT2D eigenvalue weighted by atomic mass is 10.2. The number of aryl methyl sites for hydroxylation is 1. The summed E-state index contributed by atoms with van der Waals surface area (Å²) in [5, 5.41) is 1.33. The number of carbonyl (C=O) groups excluding carboxylic acids is 1. The quantitative estimate of drug-likeness (QED) is 0.795. The van der Waals surface area contributed by atoms with Crippen LogP contribution >= 0.6 is 0 Å². The molecular formula is C20H26N2O3. The Morgan fingerprint density at radius 2 is 1.80 bits per heavy atom. The van der Waals surface area contributed by atoms with Crippen molar-refractivity contribution in [1.29, 1.82) is 0 Å². The van der Waals surface area contributed by atoms with Gasteiger partial charge in [-0.3, -0.25) is 5.43 Å². The molecule has 5 heteroatoms. The molecule has 0 saturated heterocycles. The number of nitrogens with one attached hydrogen (secondary N) is 1. The van der Waals surface area contributed by atoms with Crippen LogP contribution in [0.15, 0.2) is 48.5 Å². The fraction of sp³-hybridized carbons (Fsp3) is 0.350. The van der Waals surface area contributed by atoms with Gasteiger partial charge in [0.1, 0.15) is 18.0 Å². The van der Waals surface area contributed by atoms with Crippen molar-refractivity contribution in [1.82, 2.24) is 5.01 Å². The fourth-order valence-corrected chi connectivity index (χ4v) is 2.11. The van der Waals surface area contributed by atoms with Crippen LogP contribution in [0.3, 0.4) is 0 Å². The first kappa shape index (κ1) is 18.6. The summed E-state index contributed by atoms with van der Waals surface area (Å²) in [6.45, 7) is 7.96. The highest BCUT2D eigenvalue weighted by molar-refractivity contribution is 5.70. The van der Waals surface area contributed by atoms with Crippen LogP contribution < -0.4 is 10.2 Å². The summed E-state index contributed by atoms with van der Waals surface area (Å²) < 4.78 is 11.2. The Bertz CT molecular complexity index is 709. The maximum absolute atomic E-state index is 12.1. The number of ether oxygens (including phenoxy) is 2. The first-order chi connectivity index (χ1) is 11.7. The molecule has 0 unspecified atom stereocenters. The van der Waals surface area contributed by atoms with Crippen molar-refractivity contribution in [2.24, 2.45) is 0 Å². The van der Waals surface area contributed by atoms with Gasteiger partial charge in [-0.05, 0) is 44.9 Å². The number of carbonyl (C=O) groups is 1. The minimum atomic E-state index is -0.539. The van der Waals surface area contributed by atoms with Crippen LogP contribution in [-0.4, -0.2) is 23.8 Å². The number of rotatable bonds is 5. The molecule has 1 amide bonds. The Balaban J connectivity index is 2.02. The van der Waals surface area contributed by atoms with E-state index in [-0.39, 0.29) is 0 Å². The Kier molecular flexibility index (Phi) is 5.91. The summed E-state index contributed by atoms with van der Waals surface area (Å²) in [6, 6.07) is 15.7. The predicted octanol–water partition coefficient (Wildman–Crippen LogP) is 4.77. The molecular weight excluding hydrogens is 316 g/mol. The van der Waals surface area contributed by atoms with Crippen LogP contribution in [-0.2, 0) is 11.3 Å². The number of anilines is 1. The van der Waals surface area contributed by atoms with Gasteiger partial charge in [0, 0.05) is 13.1 Å². The zero-order chi connectivity index (χ0) is 18.4. The number of hydrogen-bond acceptors (Lipinski definition) is 4. The number of benzene rings is 2.